The molecule has 4 rings (SSSR count). The Morgan fingerprint density at radius 2 is 1.97 bits per heavy atom. The molecule has 0 spiro atoms. The van der Waals surface area contributed by atoms with Gasteiger partial charge in [-0.15, -0.1) is 11.3 Å². The number of sulfonamides is 1. The zero-order valence-electron chi connectivity index (χ0n) is 17.3. The maximum absolute atomic E-state index is 13.1. The molecule has 1 aromatic heterocycles. The summed E-state index contributed by atoms with van der Waals surface area (Å²) in [6.45, 7) is 0.922. The molecule has 1 aliphatic heterocycles. The lowest BCUT2D eigenvalue weighted by atomic mass is 10.0. The van der Waals surface area contributed by atoms with E-state index in [4.69, 9.17) is 0 Å². The summed E-state index contributed by atoms with van der Waals surface area (Å²) in [7, 11) is -3.28. The summed E-state index contributed by atoms with van der Waals surface area (Å²) in [6, 6.07) is 15.7. The van der Waals surface area contributed by atoms with Gasteiger partial charge in [0, 0.05) is 30.4 Å². The zero-order chi connectivity index (χ0) is 21.8. The summed E-state index contributed by atoms with van der Waals surface area (Å²) >= 11 is 3.39. The molecular formula is C22H25N3O3S3. The molecule has 1 fully saturated rings. The highest BCUT2D eigenvalue weighted by molar-refractivity contribution is 8.00. The summed E-state index contributed by atoms with van der Waals surface area (Å²) in [6.07, 6.45) is 3.90. The molecule has 1 amide bonds. The van der Waals surface area contributed by atoms with E-state index in [9.17, 15) is 13.2 Å². The number of hydrogen-bond acceptors (Lipinski definition) is 6. The molecule has 0 aliphatic carbocycles. The number of piperidine rings is 1. The monoisotopic (exact) mass is 475 g/mol. The molecule has 1 atom stereocenters. The normalized spacial score (nSPS) is 17.2. The van der Waals surface area contributed by atoms with Crippen LogP contribution in [0.4, 0.5) is 0 Å². The maximum Gasteiger partial charge on any atom is 0.254 e. The van der Waals surface area contributed by atoms with Crippen molar-refractivity contribution in [1.82, 2.24) is 14.6 Å². The highest BCUT2D eigenvalue weighted by Gasteiger charge is 2.28. The number of fused-ring (bicyclic) bond motifs is 1. The molecule has 3 aromatic rings. The van der Waals surface area contributed by atoms with Crippen LogP contribution in [0.15, 0.2) is 52.9 Å². The third kappa shape index (κ3) is 5.85. The van der Waals surface area contributed by atoms with Gasteiger partial charge in [-0.25, -0.2) is 18.1 Å². The Bertz CT molecular complexity index is 1130. The smallest absolute Gasteiger partial charge is 0.254 e. The van der Waals surface area contributed by atoms with Gasteiger partial charge in [0.2, 0.25) is 10.0 Å². The number of aromatic nitrogens is 1. The summed E-state index contributed by atoms with van der Waals surface area (Å²) in [5, 5.41) is 0. The molecule has 31 heavy (non-hydrogen) atoms. The van der Waals surface area contributed by atoms with Crippen LogP contribution in [0.1, 0.15) is 35.2 Å². The fourth-order valence-corrected chi connectivity index (χ4v) is 6.21. The topological polar surface area (TPSA) is 79.4 Å². The number of carbonyl (C=O) groups excluding carboxylic acids is 1. The van der Waals surface area contributed by atoms with Crippen molar-refractivity contribution in [2.24, 2.45) is 0 Å². The summed E-state index contributed by atoms with van der Waals surface area (Å²) in [5.41, 5.74) is 2.80. The molecule has 1 saturated heterocycles. The van der Waals surface area contributed by atoms with Crippen LogP contribution in [0, 0.1) is 0 Å². The van der Waals surface area contributed by atoms with Crippen LogP contribution in [-0.4, -0.2) is 49.6 Å². The number of nitrogens with one attached hydrogen (secondary N) is 1. The summed E-state index contributed by atoms with van der Waals surface area (Å²) in [5.74, 6) is 0.754. The first-order valence-electron chi connectivity index (χ1n) is 10.2. The first-order valence-corrected chi connectivity index (χ1v) is 13.9. The van der Waals surface area contributed by atoms with E-state index >= 15 is 0 Å². The van der Waals surface area contributed by atoms with Gasteiger partial charge in [-0.1, -0.05) is 36.0 Å². The van der Waals surface area contributed by atoms with Crippen LogP contribution in [-0.2, 0) is 15.8 Å². The molecule has 0 radical (unpaired) electrons. The molecule has 164 valence electrons. The van der Waals surface area contributed by atoms with Crippen molar-refractivity contribution in [2.75, 3.05) is 19.3 Å². The number of likely N-dealkylation sites (tertiary alicyclic amines) is 1. The number of para-hydroxylation sites is 1. The predicted octanol–water partition coefficient (Wildman–Crippen LogP) is 4.13. The van der Waals surface area contributed by atoms with Crippen molar-refractivity contribution in [3.63, 3.8) is 0 Å². The molecule has 1 aliphatic rings. The van der Waals surface area contributed by atoms with Gasteiger partial charge >= 0.3 is 0 Å². The van der Waals surface area contributed by atoms with E-state index in [1.54, 1.807) is 23.1 Å². The second-order valence-electron chi connectivity index (χ2n) is 7.70. The molecular weight excluding hydrogens is 450 g/mol. The second-order valence-corrected chi connectivity index (χ2v) is 11.8. The Kier molecular flexibility index (Phi) is 6.95. The third-order valence-corrected chi connectivity index (χ3v) is 8.25. The Morgan fingerprint density at radius 1 is 1.19 bits per heavy atom. The van der Waals surface area contributed by atoms with Crippen molar-refractivity contribution in [3.05, 3.63) is 59.7 Å². The van der Waals surface area contributed by atoms with Crippen molar-refractivity contribution >= 4 is 49.2 Å². The van der Waals surface area contributed by atoms with E-state index in [0.717, 1.165) is 46.7 Å². The van der Waals surface area contributed by atoms with Crippen molar-refractivity contribution in [1.29, 1.82) is 0 Å². The van der Waals surface area contributed by atoms with Gasteiger partial charge in [0.1, 0.15) is 0 Å². The van der Waals surface area contributed by atoms with E-state index < -0.39 is 10.0 Å². The fraction of sp³-hybridized carbons (Fsp3) is 0.364. The van der Waals surface area contributed by atoms with Crippen molar-refractivity contribution in [2.45, 2.75) is 35.4 Å². The molecule has 0 saturated carbocycles. The highest BCUT2D eigenvalue weighted by atomic mass is 32.2. The average Bonchev–Trinajstić information content (AvgIpc) is 3.19. The van der Waals surface area contributed by atoms with Crippen molar-refractivity contribution in [3.8, 4) is 0 Å². The van der Waals surface area contributed by atoms with Crippen LogP contribution in [0.3, 0.4) is 0 Å². The zero-order valence-corrected chi connectivity index (χ0v) is 19.7. The lowest BCUT2D eigenvalue weighted by molar-refractivity contribution is 0.0619. The molecule has 2 heterocycles. The fourth-order valence-electron chi connectivity index (χ4n) is 3.69. The number of thiazole rings is 1. The quantitative estimate of drug-likeness (QED) is 0.520. The van der Waals surface area contributed by atoms with E-state index in [2.05, 4.69) is 15.8 Å². The summed E-state index contributed by atoms with van der Waals surface area (Å²) in [4.78, 5) is 19.5. The number of benzene rings is 2. The molecule has 1 N–H and O–H groups in total. The van der Waals surface area contributed by atoms with Crippen LogP contribution in [0.2, 0.25) is 0 Å². The Balaban J connectivity index is 1.38. The van der Waals surface area contributed by atoms with Gasteiger partial charge in [0.05, 0.1) is 16.5 Å². The first-order chi connectivity index (χ1) is 14.9. The number of nitrogens with zero attached hydrogens (tertiary/aromatic N) is 2. The molecule has 2 aromatic carbocycles. The van der Waals surface area contributed by atoms with E-state index in [1.165, 1.54) is 4.70 Å². The minimum Gasteiger partial charge on any atom is -0.334 e. The van der Waals surface area contributed by atoms with Crippen LogP contribution >= 0.6 is 23.1 Å². The predicted molar refractivity (Wildman–Crippen MR) is 127 cm³/mol. The van der Waals surface area contributed by atoms with Gasteiger partial charge in [0.25, 0.3) is 5.91 Å². The van der Waals surface area contributed by atoms with Crippen LogP contribution in [0.5, 0.6) is 0 Å². The standard InChI is InChI=1S/C22H25N3O3S3/c1-31(27,28)23-14-18-6-4-5-13-25(18)21(26)17-11-9-16(10-12-17)15-29-22-24-19-7-2-3-8-20(19)30-22/h2-3,7-12,18,23H,4-6,13-15H2,1H3. The Hall–Kier alpha value is -1.94. The SMILES string of the molecule is CS(=O)(=O)NCC1CCCCN1C(=O)c1ccc(CSc2nc3ccccc3s2)cc1. The third-order valence-electron chi connectivity index (χ3n) is 5.31. The number of amides is 1. The Labute approximate surface area is 191 Å². The highest BCUT2D eigenvalue weighted by Crippen LogP contribution is 2.31. The number of rotatable bonds is 7. The largest absolute Gasteiger partial charge is 0.334 e. The minimum atomic E-state index is -3.28. The molecule has 0 bridgehead atoms. The van der Waals surface area contributed by atoms with Gasteiger partial charge in [-0.2, -0.15) is 0 Å². The maximum atomic E-state index is 13.1. The van der Waals surface area contributed by atoms with E-state index in [1.807, 2.05) is 47.4 Å². The second kappa shape index (κ2) is 9.68. The number of hydrogen-bond donors (Lipinski definition) is 1. The average molecular weight is 476 g/mol. The van der Waals surface area contributed by atoms with E-state index in [-0.39, 0.29) is 18.5 Å². The molecule has 1 unspecified atom stereocenters. The minimum absolute atomic E-state index is 0.0367. The lowest BCUT2D eigenvalue weighted by Crippen LogP contribution is -2.49. The van der Waals surface area contributed by atoms with Gasteiger partial charge in [0.15, 0.2) is 4.34 Å². The van der Waals surface area contributed by atoms with Crippen LogP contribution < -0.4 is 4.72 Å². The lowest BCUT2D eigenvalue weighted by Gasteiger charge is -2.35. The van der Waals surface area contributed by atoms with E-state index in [0.29, 0.717) is 12.1 Å². The Morgan fingerprint density at radius 3 is 2.71 bits per heavy atom. The first kappa shape index (κ1) is 22.3. The van der Waals surface area contributed by atoms with Crippen molar-refractivity contribution < 1.29 is 13.2 Å². The molecule has 9 heteroatoms. The molecule has 6 nitrogen and oxygen atoms in total. The van der Waals surface area contributed by atoms with Gasteiger partial charge in [-0.3, -0.25) is 4.79 Å². The summed E-state index contributed by atoms with van der Waals surface area (Å²) < 4.78 is 27.7. The number of thioether (sulfide) groups is 1. The van der Waals surface area contributed by atoms with Crippen LogP contribution in [0.25, 0.3) is 10.2 Å². The van der Waals surface area contributed by atoms with Gasteiger partial charge < -0.3 is 4.90 Å². The van der Waals surface area contributed by atoms with Gasteiger partial charge in [-0.05, 0) is 49.1 Å². The number of carbonyl (C=O) groups is 1.